The maximum absolute atomic E-state index is 14.3. The minimum Gasteiger partial charge on any atom is -0.473 e. The van der Waals surface area contributed by atoms with Crippen molar-refractivity contribution in [2.45, 2.75) is 58.8 Å². The van der Waals surface area contributed by atoms with Gasteiger partial charge in [0.25, 0.3) is 5.19 Å². The summed E-state index contributed by atoms with van der Waals surface area (Å²) < 4.78 is 11.0. The van der Waals surface area contributed by atoms with Crippen LogP contribution >= 0.6 is 11.3 Å². The molecule has 0 amide bonds. The van der Waals surface area contributed by atoms with Crippen molar-refractivity contribution in [3.8, 4) is 5.19 Å². The van der Waals surface area contributed by atoms with Crippen LogP contribution in [0.15, 0.2) is 23.3 Å². The van der Waals surface area contributed by atoms with Crippen LogP contribution in [0.4, 0.5) is 0 Å². The summed E-state index contributed by atoms with van der Waals surface area (Å²) in [6.45, 7) is 9.07. The molecule has 1 heterocycles. The molecule has 0 radical (unpaired) electrons. The maximum Gasteiger partial charge on any atom is 0.351 e. The normalized spacial score (nSPS) is 41.1. The number of aliphatic hydroxyl groups excluding tert-OH is 2. The van der Waals surface area contributed by atoms with Gasteiger partial charge in [-0.25, -0.2) is 9.78 Å². The molecule has 5 rings (SSSR count). The number of aromatic nitrogens is 1. The summed E-state index contributed by atoms with van der Waals surface area (Å²) in [7, 11) is 1.45. The topological polar surface area (TPSA) is 126 Å². The Morgan fingerprint density at radius 2 is 2.00 bits per heavy atom. The molecule has 3 N–H and O–H groups in total. The van der Waals surface area contributed by atoms with Gasteiger partial charge < -0.3 is 24.8 Å². The van der Waals surface area contributed by atoms with Crippen LogP contribution in [0.5, 0.6) is 5.19 Å². The van der Waals surface area contributed by atoms with Gasteiger partial charge in [0.15, 0.2) is 17.5 Å². The highest BCUT2D eigenvalue weighted by Crippen LogP contribution is 2.71. The van der Waals surface area contributed by atoms with E-state index in [2.05, 4.69) is 18.8 Å². The van der Waals surface area contributed by atoms with Crippen molar-refractivity contribution >= 4 is 23.1 Å². The molecule has 2 saturated carbocycles. The van der Waals surface area contributed by atoms with E-state index in [4.69, 9.17) is 9.47 Å². The number of hydrogen-bond acceptors (Lipinski definition) is 9. The maximum atomic E-state index is 14.3. The number of Topliss-reactive ketones (excluding diaryl/α,β-unsaturated/α-hetero) is 1. The number of hydrogen-bond donors (Lipinski definition) is 3. The zero-order valence-corrected chi connectivity index (χ0v) is 21.7. The van der Waals surface area contributed by atoms with Gasteiger partial charge in [-0.3, -0.25) is 4.79 Å². The van der Waals surface area contributed by atoms with Crippen LogP contribution in [0.2, 0.25) is 0 Å². The molecule has 1 aromatic rings. The standard InChI is InChI=1S/C26H33NO7S/c1-11-9-25-12(2)7-16-17(24(16,4)5)15(20(25)30)8-14(10-28)19(29)26(25,32)21(11)34-22(31)18-13(3)27-23(33-6)35-18/h8-9,12,15-17,19,21,28-29,32H,7,10H2,1-6H3/t12-,15+,16-,17+,19-,21+,25+,26+/m1/s1. The van der Waals surface area contributed by atoms with Gasteiger partial charge in [-0.05, 0) is 54.6 Å². The van der Waals surface area contributed by atoms with Crippen LogP contribution in [0.3, 0.4) is 0 Å². The summed E-state index contributed by atoms with van der Waals surface area (Å²) >= 11 is 1.03. The minimum atomic E-state index is -2.16. The Morgan fingerprint density at radius 3 is 2.60 bits per heavy atom. The van der Waals surface area contributed by atoms with Gasteiger partial charge in [-0.1, -0.05) is 44.3 Å². The van der Waals surface area contributed by atoms with Crippen LogP contribution in [0.1, 0.15) is 49.5 Å². The molecule has 0 unspecified atom stereocenters. The summed E-state index contributed by atoms with van der Waals surface area (Å²) in [5.74, 6) is -1.41. The number of ether oxygens (including phenoxy) is 2. The predicted octanol–water partition coefficient (Wildman–Crippen LogP) is 2.45. The quantitative estimate of drug-likeness (QED) is 0.423. The number of ketones is 1. The van der Waals surface area contributed by atoms with Crippen LogP contribution in [0, 0.1) is 41.4 Å². The molecule has 8 nitrogen and oxygen atoms in total. The summed E-state index contributed by atoms with van der Waals surface area (Å²) in [6.07, 6.45) is 1.22. The second-order valence-electron chi connectivity index (χ2n) is 11.2. The van der Waals surface area contributed by atoms with Gasteiger partial charge in [0.1, 0.15) is 11.0 Å². The number of nitrogens with zero attached hydrogens (tertiary/aromatic N) is 1. The number of methoxy groups -OCH3 is 1. The van der Waals surface area contributed by atoms with Crippen LogP contribution in [-0.4, -0.2) is 63.6 Å². The lowest BCUT2D eigenvalue weighted by Crippen LogP contribution is -2.65. The molecule has 4 aliphatic carbocycles. The van der Waals surface area contributed by atoms with Crippen molar-refractivity contribution in [1.82, 2.24) is 4.98 Å². The third kappa shape index (κ3) is 2.98. The van der Waals surface area contributed by atoms with Crippen LogP contribution in [0.25, 0.3) is 0 Å². The molecule has 35 heavy (non-hydrogen) atoms. The molecular formula is C26H33NO7S. The van der Waals surface area contributed by atoms with Gasteiger partial charge in [0.2, 0.25) is 0 Å². The Kier molecular flexibility index (Phi) is 5.43. The van der Waals surface area contributed by atoms with E-state index in [-0.39, 0.29) is 39.4 Å². The van der Waals surface area contributed by atoms with Crippen molar-refractivity contribution in [2.75, 3.05) is 13.7 Å². The third-order valence-corrected chi connectivity index (χ3v) is 10.4. The first-order valence-electron chi connectivity index (χ1n) is 12.0. The number of allylic oxidation sites excluding steroid dienone is 1. The molecule has 4 aliphatic rings. The number of esters is 1. The predicted molar refractivity (Wildman–Crippen MR) is 128 cm³/mol. The lowest BCUT2D eigenvalue weighted by Gasteiger charge is -2.48. The SMILES string of the molecule is COc1nc(C)c(C(=O)O[C@H]2C(C)=C[C@]34C(=O)[C@@H](C=C(CO)[C@@H](O)[C@]23O)[C@H]2[C@@H](C[C@H]4C)C2(C)C)s1. The van der Waals surface area contributed by atoms with Gasteiger partial charge >= 0.3 is 5.97 Å². The average molecular weight is 504 g/mol. The highest BCUT2D eigenvalue weighted by Gasteiger charge is 2.76. The molecular weight excluding hydrogens is 470 g/mol. The number of carbonyl (C=O) groups is 2. The number of carbonyl (C=O) groups excluding carboxylic acids is 2. The van der Waals surface area contributed by atoms with Crippen molar-refractivity contribution < 1.29 is 34.4 Å². The summed E-state index contributed by atoms with van der Waals surface area (Å²) in [6, 6.07) is 0. The van der Waals surface area contributed by atoms with Gasteiger partial charge in [-0.15, -0.1) is 0 Å². The zero-order chi connectivity index (χ0) is 25.7. The van der Waals surface area contributed by atoms with Crippen LogP contribution < -0.4 is 4.74 Å². The Hall–Kier alpha value is -2.07. The smallest absolute Gasteiger partial charge is 0.351 e. The molecule has 0 saturated heterocycles. The fraction of sp³-hybridized carbons (Fsp3) is 0.654. The molecule has 1 aromatic heterocycles. The molecule has 2 fully saturated rings. The van der Waals surface area contributed by atoms with E-state index in [1.165, 1.54) is 7.11 Å². The lowest BCUT2D eigenvalue weighted by atomic mass is 9.59. The van der Waals surface area contributed by atoms with E-state index in [9.17, 15) is 24.9 Å². The molecule has 190 valence electrons. The largest absolute Gasteiger partial charge is 0.473 e. The van der Waals surface area contributed by atoms with E-state index in [1.54, 1.807) is 26.0 Å². The average Bonchev–Trinajstić information content (AvgIpc) is 3.08. The number of fused-ring (bicyclic) bond motifs is 3. The van der Waals surface area contributed by atoms with Crippen molar-refractivity contribution in [2.24, 2.45) is 34.5 Å². The molecule has 2 bridgehead atoms. The Bertz CT molecular complexity index is 1170. The highest BCUT2D eigenvalue weighted by atomic mass is 32.1. The fourth-order valence-corrected chi connectivity index (χ4v) is 8.17. The Morgan fingerprint density at radius 1 is 1.31 bits per heavy atom. The number of rotatable bonds is 4. The van der Waals surface area contributed by atoms with Crippen molar-refractivity contribution in [1.29, 1.82) is 0 Å². The summed E-state index contributed by atoms with van der Waals surface area (Å²) in [4.78, 5) is 32.0. The first-order valence-corrected chi connectivity index (χ1v) is 12.9. The molecule has 8 atom stereocenters. The molecule has 9 heteroatoms. The van der Waals surface area contributed by atoms with Gasteiger partial charge in [-0.2, -0.15) is 0 Å². The third-order valence-electron chi connectivity index (χ3n) is 9.26. The number of aryl methyl sites for hydroxylation is 1. The molecule has 1 spiro atoms. The van der Waals surface area contributed by atoms with E-state index in [0.717, 1.165) is 11.3 Å². The molecule has 0 aromatic carbocycles. The fourth-order valence-electron chi connectivity index (χ4n) is 7.40. The second-order valence-corrected chi connectivity index (χ2v) is 12.2. The van der Waals surface area contributed by atoms with Gasteiger partial charge in [0, 0.05) is 5.92 Å². The van der Waals surface area contributed by atoms with E-state index in [1.807, 2.05) is 6.92 Å². The Labute approximate surface area is 208 Å². The lowest BCUT2D eigenvalue weighted by molar-refractivity contribution is -0.190. The van der Waals surface area contributed by atoms with Gasteiger partial charge in [0.05, 0.1) is 24.8 Å². The van der Waals surface area contributed by atoms with Crippen molar-refractivity contribution in [3.63, 3.8) is 0 Å². The first-order chi connectivity index (χ1) is 16.4. The van der Waals surface area contributed by atoms with E-state index >= 15 is 0 Å². The van der Waals surface area contributed by atoms with E-state index in [0.29, 0.717) is 22.9 Å². The van der Waals surface area contributed by atoms with Crippen molar-refractivity contribution in [3.05, 3.63) is 33.9 Å². The second kappa shape index (κ2) is 7.71. The number of aliphatic hydroxyl groups is 3. The zero-order valence-electron chi connectivity index (χ0n) is 20.9. The molecule has 0 aliphatic heterocycles. The van der Waals surface area contributed by atoms with Crippen LogP contribution in [-0.2, 0) is 9.53 Å². The highest BCUT2D eigenvalue weighted by molar-refractivity contribution is 7.15. The summed E-state index contributed by atoms with van der Waals surface area (Å²) in [5, 5.41) is 34.5. The Balaban J connectivity index is 1.62. The van der Waals surface area contributed by atoms with E-state index < -0.39 is 41.7 Å². The first kappa shape index (κ1) is 24.6. The monoisotopic (exact) mass is 503 g/mol. The number of thiazole rings is 1. The minimum absolute atomic E-state index is 0.0490. The summed E-state index contributed by atoms with van der Waals surface area (Å²) in [5.41, 5.74) is -2.55.